The molecule has 0 spiro atoms. The molecule has 0 saturated carbocycles. The molecule has 0 amide bonds. The Morgan fingerprint density at radius 1 is 0.484 bits per heavy atom. The Morgan fingerprint density at radius 3 is 1.23 bits per heavy atom. The van der Waals surface area contributed by atoms with Crippen molar-refractivity contribution < 1.29 is 0 Å². The monoisotopic (exact) mass is 401 g/mol. The van der Waals surface area contributed by atoms with Gasteiger partial charge in [-0.25, -0.2) is 0 Å². The van der Waals surface area contributed by atoms with Crippen LogP contribution in [-0.4, -0.2) is 7.28 Å². The van der Waals surface area contributed by atoms with Crippen LogP contribution in [0.4, 0.5) is 0 Å². The minimum Gasteiger partial charge on any atom is -0.0814 e. The molecule has 153 valence electrons. The van der Waals surface area contributed by atoms with E-state index >= 15 is 0 Å². The molecule has 4 aromatic carbocycles. The lowest BCUT2D eigenvalue weighted by Gasteiger charge is -2.21. The van der Waals surface area contributed by atoms with Crippen molar-refractivity contribution in [2.75, 3.05) is 0 Å². The quantitative estimate of drug-likeness (QED) is 0.305. The van der Waals surface area contributed by atoms with E-state index in [0.29, 0.717) is 0 Å². The van der Waals surface area contributed by atoms with Crippen LogP contribution in [0.1, 0.15) is 31.9 Å². The molecule has 0 bridgehead atoms. The maximum absolute atomic E-state index is 2.39. The van der Waals surface area contributed by atoms with Crippen LogP contribution >= 0.6 is 0 Å². The highest BCUT2D eigenvalue weighted by atomic mass is 14.1. The van der Waals surface area contributed by atoms with E-state index in [-0.39, 0.29) is 5.31 Å². The van der Waals surface area contributed by atoms with Gasteiger partial charge in [0.05, 0.1) is 0 Å². The number of rotatable bonds is 4. The Kier molecular flexibility index (Phi) is 5.87. The zero-order valence-electron chi connectivity index (χ0n) is 19.2. The molecule has 0 fully saturated rings. The van der Waals surface area contributed by atoms with Crippen LogP contribution in [0, 0.1) is 13.8 Å². The Labute approximate surface area is 188 Å². The predicted octanol–water partition coefficient (Wildman–Crippen LogP) is 7.85. The first-order chi connectivity index (χ1) is 14.8. The highest BCUT2D eigenvalue weighted by Gasteiger charge is 2.18. The third-order valence-corrected chi connectivity index (χ3v) is 5.65. The van der Waals surface area contributed by atoms with Gasteiger partial charge in [0.1, 0.15) is 0 Å². The van der Waals surface area contributed by atoms with Gasteiger partial charge in [-0.1, -0.05) is 115 Å². The predicted molar refractivity (Wildman–Crippen MR) is 137 cm³/mol. The number of hydrogen-bond acceptors (Lipinski definition) is 0. The van der Waals surface area contributed by atoms with Gasteiger partial charge in [0.15, 0.2) is 7.28 Å². The molecule has 4 aromatic rings. The lowest BCUT2D eigenvalue weighted by atomic mass is 9.49. The average molecular weight is 401 g/mol. The maximum Gasteiger partial charge on any atom is 0.158 e. The van der Waals surface area contributed by atoms with E-state index in [0.717, 1.165) is 0 Å². The highest BCUT2D eigenvalue weighted by molar-refractivity contribution is 6.57. The van der Waals surface area contributed by atoms with Crippen molar-refractivity contribution in [1.29, 1.82) is 0 Å². The molecular formula is C30H30B. The molecule has 0 aliphatic rings. The van der Waals surface area contributed by atoms with Crippen LogP contribution in [0.25, 0.3) is 33.4 Å². The number of aryl methyl sites for hydroxylation is 2. The second-order valence-electron chi connectivity index (χ2n) is 9.57. The first kappa shape index (κ1) is 21.2. The second-order valence-corrected chi connectivity index (χ2v) is 9.57. The van der Waals surface area contributed by atoms with E-state index in [1.165, 1.54) is 50.0 Å². The highest BCUT2D eigenvalue weighted by Crippen LogP contribution is 2.33. The Balaban J connectivity index is 1.86. The largest absolute Gasteiger partial charge is 0.158 e. The van der Waals surface area contributed by atoms with Crippen molar-refractivity contribution >= 4 is 12.7 Å². The molecule has 0 aromatic heterocycles. The van der Waals surface area contributed by atoms with Crippen molar-refractivity contribution in [2.24, 2.45) is 0 Å². The van der Waals surface area contributed by atoms with Gasteiger partial charge >= 0.3 is 0 Å². The molecule has 4 rings (SSSR count). The lowest BCUT2D eigenvalue weighted by molar-refractivity contribution is 0.759. The van der Waals surface area contributed by atoms with E-state index in [4.69, 9.17) is 0 Å². The Hall–Kier alpha value is -3.06. The smallest absolute Gasteiger partial charge is 0.0814 e. The Morgan fingerprint density at radius 2 is 0.839 bits per heavy atom. The third-order valence-electron chi connectivity index (χ3n) is 5.65. The molecule has 0 atom stereocenters. The SMILES string of the molecule is Cc1cc(-c2cc(-c3ccccc3)cc(-c3ccccc3)c2)cc(C)c1[B]C(C)(C)C. The summed E-state index contributed by atoms with van der Waals surface area (Å²) in [6.07, 6.45) is 0. The molecule has 1 radical (unpaired) electrons. The first-order valence-electron chi connectivity index (χ1n) is 11.0. The first-order valence-corrected chi connectivity index (χ1v) is 11.0. The molecule has 1 heteroatoms. The summed E-state index contributed by atoms with van der Waals surface area (Å²) < 4.78 is 0. The van der Waals surface area contributed by atoms with Crippen molar-refractivity contribution in [1.82, 2.24) is 0 Å². The minimum atomic E-state index is 0.157. The number of hydrogen-bond donors (Lipinski definition) is 0. The van der Waals surface area contributed by atoms with Crippen molar-refractivity contribution in [3.05, 3.63) is 102 Å². The van der Waals surface area contributed by atoms with E-state index in [1.54, 1.807) is 0 Å². The molecule has 0 nitrogen and oxygen atoms in total. The summed E-state index contributed by atoms with van der Waals surface area (Å²) in [5.74, 6) is 0. The normalized spacial score (nSPS) is 11.4. The fourth-order valence-electron chi connectivity index (χ4n) is 4.19. The van der Waals surface area contributed by atoms with Crippen LogP contribution in [0.3, 0.4) is 0 Å². The molecule has 0 aliphatic heterocycles. The van der Waals surface area contributed by atoms with Gasteiger partial charge in [0.25, 0.3) is 0 Å². The summed E-state index contributed by atoms with van der Waals surface area (Å²) in [5, 5.41) is 0.157. The van der Waals surface area contributed by atoms with Crippen LogP contribution < -0.4 is 5.46 Å². The van der Waals surface area contributed by atoms with E-state index in [9.17, 15) is 0 Å². The summed E-state index contributed by atoms with van der Waals surface area (Å²) in [5.41, 5.74) is 11.5. The second kappa shape index (κ2) is 8.59. The third kappa shape index (κ3) is 4.99. The van der Waals surface area contributed by atoms with Crippen LogP contribution in [0.15, 0.2) is 91.0 Å². The van der Waals surface area contributed by atoms with Gasteiger partial charge in [-0.05, 0) is 65.4 Å². The van der Waals surface area contributed by atoms with Gasteiger partial charge in [0, 0.05) is 0 Å². The summed E-state index contributed by atoms with van der Waals surface area (Å²) in [6.45, 7) is 11.2. The van der Waals surface area contributed by atoms with Crippen molar-refractivity contribution in [3.8, 4) is 33.4 Å². The zero-order chi connectivity index (χ0) is 22.0. The average Bonchev–Trinajstić information content (AvgIpc) is 2.76. The van der Waals surface area contributed by atoms with E-state index < -0.39 is 0 Å². The Bertz CT molecular complexity index is 1100. The fourth-order valence-corrected chi connectivity index (χ4v) is 4.19. The van der Waals surface area contributed by atoms with Gasteiger partial charge in [-0.3, -0.25) is 0 Å². The molecular weight excluding hydrogens is 371 g/mol. The van der Waals surface area contributed by atoms with Crippen molar-refractivity contribution in [3.63, 3.8) is 0 Å². The van der Waals surface area contributed by atoms with Crippen LogP contribution in [0.5, 0.6) is 0 Å². The molecule has 0 saturated heterocycles. The summed E-state index contributed by atoms with van der Waals surface area (Å²) in [4.78, 5) is 0. The molecule has 0 heterocycles. The van der Waals surface area contributed by atoms with Gasteiger partial charge in [-0.2, -0.15) is 0 Å². The van der Waals surface area contributed by atoms with Crippen LogP contribution in [0.2, 0.25) is 5.31 Å². The summed E-state index contributed by atoms with van der Waals surface area (Å²) >= 11 is 0. The zero-order valence-corrected chi connectivity index (χ0v) is 19.2. The van der Waals surface area contributed by atoms with Gasteiger partial charge in [0.2, 0.25) is 0 Å². The topological polar surface area (TPSA) is 0 Å². The number of benzene rings is 4. The molecule has 0 aliphatic carbocycles. The molecule has 0 unspecified atom stereocenters. The summed E-state index contributed by atoms with van der Waals surface area (Å²) in [6, 6.07) is 32.9. The molecule has 31 heavy (non-hydrogen) atoms. The molecule has 0 N–H and O–H groups in total. The van der Waals surface area contributed by atoms with Crippen molar-refractivity contribution in [2.45, 2.75) is 39.9 Å². The minimum absolute atomic E-state index is 0.157. The lowest BCUT2D eigenvalue weighted by Crippen LogP contribution is -2.28. The van der Waals surface area contributed by atoms with Crippen LogP contribution in [-0.2, 0) is 0 Å². The maximum atomic E-state index is 2.39. The van der Waals surface area contributed by atoms with Gasteiger partial charge < -0.3 is 0 Å². The fraction of sp³-hybridized carbons (Fsp3) is 0.200. The van der Waals surface area contributed by atoms with Gasteiger partial charge in [-0.15, -0.1) is 0 Å². The van der Waals surface area contributed by atoms with E-state index in [2.05, 4.69) is 133 Å². The summed E-state index contributed by atoms with van der Waals surface area (Å²) in [7, 11) is 2.39. The van der Waals surface area contributed by atoms with E-state index in [1.807, 2.05) is 0 Å². The standard InChI is InChI=1S/C30H30B/c1-21-16-25(17-22(2)29(21)31-30(3,4)5)28-19-26(23-12-8-6-9-13-23)18-27(20-28)24-14-10-7-11-15-24/h6-20H,1-5H3.